The molecule has 3 unspecified atom stereocenters. The van der Waals surface area contributed by atoms with Crippen LogP contribution in [0.3, 0.4) is 0 Å². The van der Waals surface area contributed by atoms with E-state index in [9.17, 15) is 43.2 Å². The lowest BCUT2D eigenvalue weighted by molar-refractivity contribution is -0.151. The van der Waals surface area contributed by atoms with Crippen molar-refractivity contribution in [2.75, 3.05) is 59.2 Å². The molecule has 25 nitrogen and oxygen atoms in total. The van der Waals surface area contributed by atoms with Crippen LogP contribution in [0.5, 0.6) is 0 Å². The molecule has 4 aliphatic rings. The molecule has 8 rings (SSSR count). The Labute approximate surface area is 505 Å². The number of aryl methyl sites for hydroxylation is 2. The normalized spacial score (nSPS) is 21.3. The molecule has 3 saturated heterocycles. The van der Waals surface area contributed by atoms with E-state index in [0.29, 0.717) is 49.8 Å². The quantitative estimate of drug-likeness (QED) is 0.0603. The van der Waals surface area contributed by atoms with Gasteiger partial charge in [-0.1, -0.05) is 79.9 Å². The number of benzene rings is 2. The summed E-state index contributed by atoms with van der Waals surface area (Å²) in [6, 6.07) is 20.1. The fourth-order valence-corrected chi connectivity index (χ4v) is 11.2. The van der Waals surface area contributed by atoms with Gasteiger partial charge in [0.15, 0.2) is 0 Å². The molecule has 4 aromatic rings. The summed E-state index contributed by atoms with van der Waals surface area (Å²) < 4.78 is 52.1. The largest absolute Gasteiger partial charge is 0.508 e. The molecule has 476 valence electrons. The van der Waals surface area contributed by atoms with Crippen molar-refractivity contribution < 1.29 is 66.6 Å². The van der Waals surface area contributed by atoms with Gasteiger partial charge in [0.1, 0.15) is 68.9 Å². The summed E-state index contributed by atoms with van der Waals surface area (Å²) in [6.07, 6.45) is 5.11. The third-order valence-corrected chi connectivity index (χ3v) is 15.4. The van der Waals surface area contributed by atoms with Crippen LogP contribution in [0.15, 0.2) is 92.2 Å². The number of carbonyl (C=O) groups is 5. The first-order chi connectivity index (χ1) is 41.6. The third kappa shape index (κ3) is 21.3. The fraction of sp³-hybridized carbons (Fsp3) is 0.597. The Balaban J connectivity index is 0.000000252. The Morgan fingerprint density at radius 3 is 1.49 bits per heavy atom. The molecule has 3 aliphatic heterocycles. The Bertz CT molecular complexity index is 3140. The average molecular weight is 1220 g/mol. The highest BCUT2D eigenvalue weighted by Gasteiger charge is 2.42. The number of hydrogen-bond acceptors (Lipinski definition) is 20. The Morgan fingerprint density at radius 1 is 0.598 bits per heavy atom. The zero-order valence-corrected chi connectivity index (χ0v) is 51.0. The summed E-state index contributed by atoms with van der Waals surface area (Å²) >= 11 is 0. The Hall–Kier alpha value is -7.61. The highest BCUT2D eigenvalue weighted by molar-refractivity contribution is 5.69. The molecule has 1 saturated carbocycles. The molecule has 87 heavy (non-hydrogen) atoms. The molecule has 1 amide bonds. The lowest BCUT2D eigenvalue weighted by atomic mass is 9.89. The van der Waals surface area contributed by atoms with E-state index in [1.807, 2.05) is 69.3 Å². The predicted molar refractivity (Wildman–Crippen MR) is 315 cm³/mol. The van der Waals surface area contributed by atoms with Crippen LogP contribution in [0.2, 0.25) is 0 Å². The minimum atomic E-state index is -0.927. The van der Waals surface area contributed by atoms with Crippen LogP contribution in [-0.2, 0) is 65.3 Å². The van der Waals surface area contributed by atoms with E-state index in [4.69, 9.17) is 42.6 Å². The molecule has 25 heteroatoms. The number of ether oxygens (including phenoxy) is 9. The summed E-state index contributed by atoms with van der Waals surface area (Å²) in [5.74, 6) is -0.435. The number of likely N-dealkylation sites (tertiary alicyclic amines) is 1. The van der Waals surface area contributed by atoms with E-state index >= 15 is 0 Å². The van der Waals surface area contributed by atoms with Gasteiger partial charge in [-0.05, 0) is 83.8 Å². The number of nitrogens with one attached hydrogen (secondary N) is 2. The van der Waals surface area contributed by atoms with Gasteiger partial charge in [0, 0.05) is 102 Å². The van der Waals surface area contributed by atoms with Crippen molar-refractivity contribution in [3.63, 3.8) is 0 Å². The van der Waals surface area contributed by atoms with Crippen molar-refractivity contribution in [3.05, 3.63) is 137 Å². The van der Waals surface area contributed by atoms with Gasteiger partial charge in [0.05, 0.1) is 0 Å². The molecule has 0 spiro atoms. The maximum Gasteiger partial charge on any atom is 0.508 e. The third-order valence-electron chi connectivity index (χ3n) is 15.4. The Morgan fingerprint density at radius 2 is 1.05 bits per heavy atom. The summed E-state index contributed by atoms with van der Waals surface area (Å²) in [5.41, 5.74) is 0.0240. The van der Waals surface area contributed by atoms with Gasteiger partial charge in [-0.2, -0.15) is 0 Å². The van der Waals surface area contributed by atoms with Crippen LogP contribution < -0.4 is 22.5 Å². The zero-order valence-electron chi connectivity index (χ0n) is 51.0. The number of nitrogens with zero attached hydrogens (tertiary/aromatic N) is 5. The molecular formula is C62H85N7O18. The molecule has 5 heterocycles. The highest BCUT2D eigenvalue weighted by atomic mass is 16.7. The van der Waals surface area contributed by atoms with E-state index in [1.165, 1.54) is 73.0 Å². The minimum absolute atomic E-state index is 0.0262. The second-order valence-electron chi connectivity index (χ2n) is 23.6. The molecule has 1 aliphatic carbocycles. The maximum absolute atomic E-state index is 13.0. The van der Waals surface area contributed by atoms with Crippen molar-refractivity contribution in [2.24, 2.45) is 5.92 Å². The monoisotopic (exact) mass is 1220 g/mol. The van der Waals surface area contributed by atoms with Gasteiger partial charge in [-0.15, -0.1) is 0 Å². The first kappa shape index (κ1) is 66.9. The molecule has 2 aromatic heterocycles. The van der Waals surface area contributed by atoms with E-state index in [2.05, 4.69) is 31.9 Å². The van der Waals surface area contributed by atoms with Crippen molar-refractivity contribution in [1.82, 2.24) is 33.8 Å². The first-order valence-electron chi connectivity index (χ1n) is 30.0. The van der Waals surface area contributed by atoms with E-state index in [0.717, 1.165) is 37.9 Å². The van der Waals surface area contributed by atoms with Crippen LogP contribution in [0.4, 0.5) is 14.4 Å². The number of carbonyl (C=O) groups excluding carboxylic acids is 5. The molecule has 0 bridgehead atoms. The van der Waals surface area contributed by atoms with Crippen LogP contribution in [0.1, 0.15) is 134 Å². The molecule has 0 radical (unpaired) electrons. The average Bonchev–Trinajstić information content (AvgIpc) is 2.11. The highest BCUT2D eigenvalue weighted by Crippen LogP contribution is 2.32. The summed E-state index contributed by atoms with van der Waals surface area (Å²) in [6.45, 7) is 15.4. The van der Waals surface area contributed by atoms with Gasteiger partial charge in [0.2, 0.25) is 0 Å². The van der Waals surface area contributed by atoms with Crippen LogP contribution in [0.25, 0.3) is 0 Å². The number of rotatable bonds is 22. The lowest BCUT2D eigenvalue weighted by Gasteiger charge is -2.39. The molecule has 2 aromatic carbocycles. The standard InChI is InChI=1S/C33H46N4O10.C29H39N3O8/c1-22-18-37(30(40)34-29(22)39)28-17-26(45-23(2)38)27(46-28)21-44-32(42)43-16-15-35(19-24-11-7-6-8-12-24)20-25-13-9-10-14-36(25)31(41)47-33(3,4)5;1-20-16-32(28(35)30-27(20)34)26-15-24(39-21(2)33)25(40-26)19-38-29(36)37-14-13-31(17-22-9-5-3-6-10-22)18-23-11-7-4-8-12-23/h6-8,11-12,18,25-28H,9-10,13-17,19-21H2,1-5H3,(H,34,39,40);3,5-6,9-10,16,23-26H,4,7-8,11-15,17-19H2,1-2H3,(H,30,34,35)/t25?,26?,27-,28-;24?,25-,26-/m11/s1. The number of esters is 2. The van der Waals surface area contributed by atoms with Crippen LogP contribution in [-0.4, -0.2) is 159 Å². The smallest absolute Gasteiger partial charge is 0.459 e. The van der Waals surface area contributed by atoms with Gasteiger partial charge >= 0.3 is 41.7 Å². The maximum atomic E-state index is 13.0. The zero-order chi connectivity index (χ0) is 62.6. The summed E-state index contributed by atoms with van der Waals surface area (Å²) in [7, 11) is 0. The van der Waals surface area contributed by atoms with Gasteiger partial charge in [-0.25, -0.2) is 24.0 Å². The number of aromatic nitrogens is 4. The number of hydrogen-bond donors (Lipinski definition) is 2. The SMILES string of the molecule is CC(=O)OC1C[C@H](n2cc(C)c(=O)[nH]c2=O)O[C@@H]1COC(=O)OCCN(Cc1ccccc1)CC1CCCCC1.CC(=O)OC1C[C@H](n2cc(C)c(=O)[nH]c2=O)O[C@@H]1COC(=O)OCCN(Cc1ccccc1)CC1CCCCN1C(=O)OC(C)(C)C. The second-order valence-corrected chi connectivity index (χ2v) is 23.6. The number of H-pyrrole nitrogens is 2. The predicted octanol–water partition coefficient (Wildman–Crippen LogP) is 6.81. The topological polar surface area (TPSA) is 288 Å². The fourth-order valence-electron chi connectivity index (χ4n) is 11.2. The van der Waals surface area contributed by atoms with Crippen LogP contribution >= 0.6 is 0 Å². The van der Waals surface area contributed by atoms with Crippen molar-refractivity contribution >= 4 is 30.3 Å². The van der Waals surface area contributed by atoms with Gasteiger partial charge in [0.25, 0.3) is 11.1 Å². The number of amides is 1. The van der Waals surface area contributed by atoms with Crippen molar-refractivity contribution in [1.29, 1.82) is 0 Å². The Kier molecular flexibility index (Phi) is 24.9. The second kappa shape index (κ2) is 32.4. The summed E-state index contributed by atoms with van der Waals surface area (Å²) in [5, 5.41) is 0. The molecule has 4 fully saturated rings. The number of piperidine rings is 1. The van der Waals surface area contributed by atoms with E-state index in [-0.39, 0.29) is 51.4 Å². The van der Waals surface area contributed by atoms with E-state index < -0.39 is 89.2 Å². The molecule has 2 N–H and O–H groups in total. The van der Waals surface area contributed by atoms with Crippen molar-refractivity contribution in [2.45, 2.75) is 174 Å². The van der Waals surface area contributed by atoms with Crippen LogP contribution in [0, 0.1) is 19.8 Å². The molecule has 7 atom stereocenters. The summed E-state index contributed by atoms with van der Waals surface area (Å²) in [4.78, 5) is 120. The lowest BCUT2D eigenvalue weighted by Crippen LogP contribution is -2.51. The number of aromatic amines is 2. The minimum Gasteiger partial charge on any atom is -0.459 e. The first-order valence-corrected chi connectivity index (χ1v) is 30.0. The van der Waals surface area contributed by atoms with E-state index in [1.54, 1.807) is 18.7 Å². The van der Waals surface area contributed by atoms with Crippen molar-refractivity contribution in [3.8, 4) is 0 Å². The molecular weight excluding hydrogens is 1130 g/mol. The van der Waals surface area contributed by atoms with Gasteiger partial charge in [-0.3, -0.25) is 48.1 Å². The van der Waals surface area contributed by atoms with Gasteiger partial charge < -0.3 is 47.5 Å².